The number of para-hydroxylation sites is 1. The predicted octanol–water partition coefficient (Wildman–Crippen LogP) is 2.10. The number of aryl methyl sites for hydroxylation is 1. The Bertz CT molecular complexity index is 681. The van der Waals surface area contributed by atoms with Crippen molar-refractivity contribution in [3.05, 3.63) is 35.3 Å². The van der Waals surface area contributed by atoms with E-state index >= 15 is 0 Å². The van der Waals surface area contributed by atoms with E-state index in [1.54, 1.807) is 19.1 Å². The fraction of sp³-hybridized carbons (Fsp3) is 0.286. The maximum absolute atomic E-state index is 13.6. The molecular weight excluding hydrogens is 279 g/mol. The number of nitrogens with one attached hydrogen (secondary N) is 1. The number of halogens is 1. The van der Waals surface area contributed by atoms with E-state index in [1.807, 2.05) is 0 Å². The van der Waals surface area contributed by atoms with Crippen LogP contribution in [0.15, 0.2) is 22.6 Å². The molecule has 21 heavy (non-hydrogen) atoms. The van der Waals surface area contributed by atoms with Gasteiger partial charge in [-0.15, -0.1) is 0 Å². The minimum atomic E-state index is -0.665. The lowest BCUT2D eigenvalue weighted by Gasteiger charge is -2.03. The maximum Gasteiger partial charge on any atom is 0.374 e. The standard InChI is InChI=1S/C14H15FN2O4/c1-8-9-4-2-5-10(15)12(9)21-11(8)13(18)20-7-3-6-17-14(16)19/h2,4-5H,3,6-7H2,1H3,(H3,16,17,19). The van der Waals surface area contributed by atoms with Crippen LogP contribution < -0.4 is 11.1 Å². The van der Waals surface area contributed by atoms with Crippen LogP contribution in [0.5, 0.6) is 0 Å². The Kier molecular flexibility index (Phi) is 4.42. The first-order valence-corrected chi connectivity index (χ1v) is 6.38. The number of carbonyl (C=O) groups is 2. The smallest absolute Gasteiger partial charge is 0.374 e. The van der Waals surface area contributed by atoms with E-state index in [9.17, 15) is 14.0 Å². The molecule has 0 unspecified atom stereocenters. The summed E-state index contributed by atoms with van der Waals surface area (Å²) in [6, 6.07) is 3.84. The molecule has 1 heterocycles. The van der Waals surface area contributed by atoms with Gasteiger partial charge in [-0.25, -0.2) is 14.0 Å². The first kappa shape index (κ1) is 14.8. The molecule has 0 bridgehead atoms. The molecule has 1 aromatic heterocycles. The van der Waals surface area contributed by atoms with Crippen LogP contribution in [0, 0.1) is 12.7 Å². The van der Waals surface area contributed by atoms with Crippen molar-refractivity contribution >= 4 is 23.0 Å². The molecule has 1 aromatic carbocycles. The third-order valence-corrected chi connectivity index (χ3v) is 2.95. The molecule has 0 saturated heterocycles. The Morgan fingerprint density at radius 1 is 1.43 bits per heavy atom. The number of furan rings is 1. The average molecular weight is 294 g/mol. The van der Waals surface area contributed by atoms with E-state index in [4.69, 9.17) is 14.9 Å². The Labute approximate surface area is 120 Å². The summed E-state index contributed by atoms with van der Waals surface area (Å²) in [6.45, 7) is 2.06. The van der Waals surface area contributed by atoms with Gasteiger partial charge in [0.1, 0.15) is 0 Å². The lowest BCUT2D eigenvalue weighted by Crippen LogP contribution is -2.30. The first-order valence-electron chi connectivity index (χ1n) is 6.38. The third-order valence-electron chi connectivity index (χ3n) is 2.95. The second kappa shape index (κ2) is 6.25. The Balaban J connectivity index is 2.01. The molecule has 6 nitrogen and oxygen atoms in total. The van der Waals surface area contributed by atoms with E-state index in [0.29, 0.717) is 23.9 Å². The summed E-state index contributed by atoms with van der Waals surface area (Å²) in [5, 5.41) is 2.91. The fourth-order valence-electron chi connectivity index (χ4n) is 1.92. The fourth-order valence-corrected chi connectivity index (χ4v) is 1.92. The van der Waals surface area contributed by atoms with Crippen molar-refractivity contribution < 1.29 is 23.1 Å². The third kappa shape index (κ3) is 3.31. The molecule has 0 aliphatic rings. The van der Waals surface area contributed by atoms with E-state index in [1.165, 1.54) is 6.07 Å². The number of esters is 1. The van der Waals surface area contributed by atoms with Crippen LogP contribution in [-0.2, 0) is 4.74 Å². The predicted molar refractivity (Wildman–Crippen MR) is 73.4 cm³/mol. The number of nitrogens with two attached hydrogens (primary N) is 1. The lowest BCUT2D eigenvalue weighted by atomic mass is 10.1. The molecule has 7 heteroatoms. The van der Waals surface area contributed by atoms with Crippen LogP contribution in [-0.4, -0.2) is 25.2 Å². The summed E-state index contributed by atoms with van der Waals surface area (Å²) < 4.78 is 23.8. The SMILES string of the molecule is Cc1c(C(=O)OCCCNC(N)=O)oc2c(F)cccc12. The quantitative estimate of drug-likeness (QED) is 0.652. The molecule has 2 aromatic rings. The van der Waals surface area contributed by atoms with Crippen molar-refractivity contribution in [3.8, 4) is 0 Å². The Hall–Kier alpha value is -2.57. The summed E-state index contributed by atoms with van der Waals surface area (Å²) >= 11 is 0. The normalized spacial score (nSPS) is 10.6. The van der Waals surface area contributed by atoms with Crippen LogP contribution in [0.2, 0.25) is 0 Å². The van der Waals surface area contributed by atoms with E-state index in [2.05, 4.69) is 5.32 Å². The zero-order valence-corrected chi connectivity index (χ0v) is 11.4. The molecular formula is C14H15FN2O4. The largest absolute Gasteiger partial charge is 0.460 e. The second-order valence-electron chi connectivity index (χ2n) is 4.45. The van der Waals surface area contributed by atoms with Crippen LogP contribution >= 0.6 is 0 Å². The van der Waals surface area contributed by atoms with E-state index < -0.39 is 17.8 Å². The molecule has 0 fully saturated rings. The number of fused-ring (bicyclic) bond motifs is 1. The van der Waals surface area contributed by atoms with Crippen molar-refractivity contribution in [1.29, 1.82) is 0 Å². The summed E-state index contributed by atoms with van der Waals surface area (Å²) in [7, 11) is 0. The number of hydrogen-bond acceptors (Lipinski definition) is 4. The van der Waals surface area contributed by atoms with Gasteiger partial charge in [-0.2, -0.15) is 0 Å². The second-order valence-corrected chi connectivity index (χ2v) is 4.45. The van der Waals surface area contributed by atoms with Crippen molar-refractivity contribution in [2.75, 3.05) is 13.2 Å². The average Bonchev–Trinajstić information content (AvgIpc) is 2.77. The first-order chi connectivity index (χ1) is 10.0. The minimum Gasteiger partial charge on any atom is -0.460 e. The molecule has 2 rings (SSSR count). The highest BCUT2D eigenvalue weighted by molar-refractivity contribution is 5.96. The number of amides is 2. The topological polar surface area (TPSA) is 94.6 Å². The Morgan fingerprint density at radius 3 is 2.86 bits per heavy atom. The number of rotatable bonds is 5. The Morgan fingerprint density at radius 2 is 2.19 bits per heavy atom. The molecule has 0 radical (unpaired) electrons. The van der Waals surface area contributed by atoms with Crippen molar-refractivity contribution in [1.82, 2.24) is 5.32 Å². The van der Waals surface area contributed by atoms with Gasteiger partial charge in [0.15, 0.2) is 11.4 Å². The van der Waals surface area contributed by atoms with Gasteiger partial charge in [0, 0.05) is 17.5 Å². The summed E-state index contributed by atoms with van der Waals surface area (Å²) in [4.78, 5) is 22.3. The molecule has 112 valence electrons. The summed E-state index contributed by atoms with van der Waals surface area (Å²) in [6.07, 6.45) is 0.419. The van der Waals surface area contributed by atoms with Gasteiger partial charge in [-0.05, 0) is 19.4 Å². The summed E-state index contributed by atoms with van der Waals surface area (Å²) in [5.74, 6) is -1.21. The van der Waals surface area contributed by atoms with E-state index in [-0.39, 0.29) is 18.0 Å². The van der Waals surface area contributed by atoms with Crippen LogP contribution in [0.3, 0.4) is 0 Å². The molecule has 2 amide bonds. The van der Waals surface area contributed by atoms with Gasteiger partial charge in [0.05, 0.1) is 6.61 Å². The van der Waals surface area contributed by atoms with Gasteiger partial charge in [-0.3, -0.25) is 0 Å². The van der Waals surface area contributed by atoms with Crippen molar-refractivity contribution in [3.63, 3.8) is 0 Å². The van der Waals surface area contributed by atoms with Crippen LogP contribution in [0.1, 0.15) is 22.5 Å². The van der Waals surface area contributed by atoms with Crippen molar-refractivity contribution in [2.24, 2.45) is 5.73 Å². The van der Waals surface area contributed by atoms with Gasteiger partial charge in [0.2, 0.25) is 5.76 Å². The molecule has 0 atom stereocenters. The number of primary amides is 1. The maximum atomic E-state index is 13.6. The van der Waals surface area contributed by atoms with Crippen LogP contribution in [0.25, 0.3) is 11.0 Å². The number of hydrogen-bond donors (Lipinski definition) is 2. The van der Waals surface area contributed by atoms with Gasteiger partial charge in [-0.1, -0.05) is 12.1 Å². The zero-order chi connectivity index (χ0) is 15.4. The molecule has 0 spiro atoms. The number of carbonyl (C=O) groups excluding carboxylic acids is 2. The summed E-state index contributed by atoms with van der Waals surface area (Å²) in [5.41, 5.74) is 5.47. The zero-order valence-electron chi connectivity index (χ0n) is 11.4. The lowest BCUT2D eigenvalue weighted by molar-refractivity contribution is 0.0466. The number of urea groups is 1. The van der Waals surface area contributed by atoms with Gasteiger partial charge in [0.25, 0.3) is 0 Å². The van der Waals surface area contributed by atoms with Gasteiger partial charge < -0.3 is 20.2 Å². The molecule has 0 saturated carbocycles. The highest BCUT2D eigenvalue weighted by Crippen LogP contribution is 2.27. The van der Waals surface area contributed by atoms with Crippen LogP contribution in [0.4, 0.5) is 9.18 Å². The van der Waals surface area contributed by atoms with Gasteiger partial charge >= 0.3 is 12.0 Å². The highest BCUT2D eigenvalue weighted by atomic mass is 19.1. The van der Waals surface area contributed by atoms with Crippen molar-refractivity contribution in [2.45, 2.75) is 13.3 Å². The molecule has 0 aliphatic carbocycles. The van der Waals surface area contributed by atoms with E-state index in [0.717, 1.165) is 0 Å². The highest BCUT2D eigenvalue weighted by Gasteiger charge is 2.20. The number of ether oxygens (including phenoxy) is 1. The monoisotopic (exact) mass is 294 g/mol. The molecule has 3 N–H and O–H groups in total. The molecule has 0 aliphatic heterocycles. The number of benzene rings is 1. The minimum absolute atomic E-state index is 0.0158.